The predicted molar refractivity (Wildman–Crippen MR) is 80.7 cm³/mol. The molecule has 2 atom stereocenters. The van der Waals surface area contributed by atoms with E-state index in [9.17, 15) is 0 Å². The van der Waals surface area contributed by atoms with E-state index in [1.54, 1.807) is 0 Å². The Bertz CT molecular complexity index is 203. The Morgan fingerprint density at radius 3 is 2.61 bits per heavy atom. The molecule has 0 aromatic heterocycles. The summed E-state index contributed by atoms with van der Waals surface area (Å²) in [5, 5.41) is 0. The molecule has 0 aromatic carbocycles. The third-order valence-electron chi connectivity index (χ3n) is 4.51. The van der Waals surface area contributed by atoms with E-state index in [0.29, 0.717) is 0 Å². The lowest BCUT2D eigenvalue weighted by Gasteiger charge is -2.24. The summed E-state index contributed by atoms with van der Waals surface area (Å²) in [5.41, 5.74) is 5.89. The molecule has 0 bridgehead atoms. The monoisotopic (exact) mass is 254 g/mol. The largest absolute Gasteiger partial charge is 0.330 e. The zero-order valence-corrected chi connectivity index (χ0v) is 12.8. The van der Waals surface area contributed by atoms with Gasteiger partial charge in [0.05, 0.1) is 0 Å². The first kappa shape index (κ1) is 16.0. The van der Waals surface area contributed by atoms with E-state index in [-0.39, 0.29) is 0 Å². The van der Waals surface area contributed by atoms with E-state index in [1.165, 1.54) is 58.2 Å². The maximum atomic E-state index is 5.89. The van der Waals surface area contributed by atoms with Crippen molar-refractivity contribution in [2.24, 2.45) is 23.5 Å². The van der Waals surface area contributed by atoms with Gasteiger partial charge in [0.1, 0.15) is 0 Å². The van der Waals surface area contributed by atoms with Crippen LogP contribution in [0.1, 0.15) is 59.3 Å². The van der Waals surface area contributed by atoms with E-state index in [4.69, 9.17) is 5.73 Å². The van der Waals surface area contributed by atoms with Gasteiger partial charge in [-0.2, -0.15) is 0 Å². The fourth-order valence-corrected chi connectivity index (χ4v) is 3.22. The highest BCUT2D eigenvalue weighted by atomic mass is 15.1. The van der Waals surface area contributed by atoms with Gasteiger partial charge >= 0.3 is 0 Å². The van der Waals surface area contributed by atoms with E-state index >= 15 is 0 Å². The Morgan fingerprint density at radius 1 is 1.22 bits per heavy atom. The molecule has 18 heavy (non-hydrogen) atoms. The molecular weight excluding hydrogens is 220 g/mol. The van der Waals surface area contributed by atoms with Crippen molar-refractivity contribution in [3.63, 3.8) is 0 Å². The highest BCUT2D eigenvalue weighted by Gasteiger charge is 2.17. The van der Waals surface area contributed by atoms with Crippen molar-refractivity contribution in [2.75, 3.05) is 26.2 Å². The third kappa shape index (κ3) is 6.19. The van der Waals surface area contributed by atoms with Gasteiger partial charge in [0.2, 0.25) is 0 Å². The lowest BCUT2D eigenvalue weighted by Crippen LogP contribution is -2.29. The van der Waals surface area contributed by atoms with Crippen molar-refractivity contribution in [1.82, 2.24) is 4.90 Å². The highest BCUT2D eigenvalue weighted by Crippen LogP contribution is 2.21. The number of hydrogen-bond acceptors (Lipinski definition) is 2. The highest BCUT2D eigenvalue weighted by molar-refractivity contribution is 4.71. The van der Waals surface area contributed by atoms with Gasteiger partial charge in [0.25, 0.3) is 0 Å². The quantitative estimate of drug-likeness (QED) is 0.753. The molecular formula is C16H34N2. The van der Waals surface area contributed by atoms with Crippen molar-refractivity contribution in [2.45, 2.75) is 59.3 Å². The Morgan fingerprint density at radius 2 is 2.00 bits per heavy atom. The van der Waals surface area contributed by atoms with Crippen molar-refractivity contribution >= 4 is 0 Å². The van der Waals surface area contributed by atoms with Gasteiger partial charge in [-0.15, -0.1) is 0 Å². The molecule has 1 saturated heterocycles. The number of rotatable bonds is 7. The van der Waals surface area contributed by atoms with E-state index in [2.05, 4.69) is 25.7 Å². The van der Waals surface area contributed by atoms with Gasteiger partial charge in [-0.1, -0.05) is 27.2 Å². The second-order valence-corrected chi connectivity index (χ2v) is 6.57. The molecule has 2 nitrogen and oxygen atoms in total. The average Bonchev–Trinajstić information content (AvgIpc) is 2.59. The molecule has 0 aliphatic carbocycles. The third-order valence-corrected chi connectivity index (χ3v) is 4.51. The molecule has 0 spiro atoms. The first-order valence-corrected chi connectivity index (χ1v) is 8.08. The number of nitrogens with two attached hydrogens (primary N) is 1. The SMILES string of the molecule is CCC1CCCN(CC[C@@H](CN)CC(C)C)CC1. The lowest BCUT2D eigenvalue weighted by molar-refractivity contribution is 0.247. The molecule has 1 aliphatic rings. The van der Waals surface area contributed by atoms with Crippen molar-refractivity contribution in [3.05, 3.63) is 0 Å². The second kappa shape index (κ2) is 8.92. The van der Waals surface area contributed by atoms with E-state index in [0.717, 1.165) is 24.3 Å². The molecule has 0 radical (unpaired) electrons. The van der Waals surface area contributed by atoms with Gasteiger partial charge in [-0.3, -0.25) is 0 Å². The van der Waals surface area contributed by atoms with Crippen LogP contribution in [-0.2, 0) is 0 Å². The smallest absolute Gasteiger partial charge is 0.00156 e. The Balaban J connectivity index is 2.25. The molecule has 1 heterocycles. The van der Waals surface area contributed by atoms with Crippen LogP contribution in [-0.4, -0.2) is 31.1 Å². The lowest BCUT2D eigenvalue weighted by atomic mass is 9.94. The van der Waals surface area contributed by atoms with Crippen LogP contribution in [0.15, 0.2) is 0 Å². The molecule has 1 aliphatic heterocycles. The zero-order chi connectivity index (χ0) is 13.4. The van der Waals surface area contributed by atoms with Crippen LogP contribution in [0.2, 0.25) is 0 Å². The predicted octanol–water partition coefficient (Wildman–Crippen LogP) is 3.51. The van der Waals surface area contributed by atoms with Crippen LogP contribution in [0, 0.1) is 17.8 Å². The van der Waals surface area contributed by atoms with Crippen LogP contribution in [0.5, 0.6) is 0 Å². The second-order valence-electron chi connectivity index (χ2n) is 6.57. The number of nitrogens with zero attached hydrogens (tertiary/aromatic N) is 1. The van der Waals surface area contributed by atoms with Crippen molar-refractivity contribution in [1.29, 1.82) is 0 Å². The van der Waals surface area contributed by atoms with Gasteiger partial charge < -0.3 is 10.6 Å². The van der Waals surface area contributed by atoms with Gasteiger partial charge in [0, 0.05) is 0 Å². The molecule has 0 saturated carbocycles. The van der Waals surface area contributed by atoms with Crippen molar-refractivity contribution < 1.29 is 0 Å². The maximum Gasteiger partial charge on any atom is -0.00156 e. The topological polar surface area (TPSA) is 29.3 Å². The summed E-state index contributed by atoms with van der Waals surface area (Å²) in [7, 11) is 0. The summed E-state index contributed by atoms with van der Waals surface area (Å²) in [5.74, 6) is 2.50. The molecule has 0 aromatic rings. The van der Waals surface area contributed by atoms with Gasteiger partial charge in [-0.25, -0.2) is 0 Å². The summed E-state index contributed by atoms with van der Waals surface area (Å²) < 4.78 is 0. The van der Waals surface area contributed by atoms with Crippen LogP contribution in [0.4, 0.5) is 0 Å². The summed E-state index contributed by atoms with van der Waals surface area (Å²) in [4.78, 5) is 2.68. The minimum atomic E-state index is 0.732. The summed E-state index contributed by atoms with van der Waals surface area (Å²) in [6.07, 6.45) is 8.21. The van der Waals surface area contributed by atoms with E-state index in [1.807, 2.05) is 0 Å². The van der Waals surface area contributed by atoms with Gasteiger partial charge in [0.15, 0.2) is 0 Å². The van der Waals surface area contributed by atoms with Crippen LogP contribution < -0.4 is 5.73 Å². The van der Waals surface area contributed by atoms with Crippen LogP contribution in [0.25, 0.3) is 0 Å². The molecule has 0 amide bonds. The zero-order valence-electron chi connectivity index (χ0n) is 12.8. The number of likely N-dealkylation sites (tertiary alicyclic amines) is 1. The minimum Gasteiger partial charge on any atom is -0.330 e. The molecule has 108 valence electrons. The molecule has 1 fully saturated rings. The van der Waals surface area contributed by atoms with Crippen LogP contribution >= 0.6 is 0 Å². The van der Waals surface area contributed by atoms with E-state index < -0.39 is 0 Å². The Kier molecular flexibility index (Phi) is 7.92. The molecule has 2 heteroatoms. The first-order chi connectivity index (χ1) is 8.65. The van der Waals surface area contributed by atoms with Gasteiger partial charge in [-0.05, 0) is 76.0 Å². The summed E-state index contributed by atoms with van der Waals surface area (Å²) in [6, 6.07) is 0. The Hall–Kier alpha value is -0.0800. The fraction of sp³-hybridized carbons (Fsp3) is 1.00. The molecule has 2 N–H and O–H groups in total. The summed E-state index contributed by atoms with van der Waals surface area (Å²) in [6.45, 7) is 11.7. The standard InChI is InChI=1S/C16H34N2/c1-4-15-6-5-9-18(10-7-15)11-8-16(13-17)12-14(2)3/h14-16H,4-13,17H2,1-3H3/t15?,16-/m1/s1. The number of hydrogen-bond donors (Lipinski definition) is 1. The Labute approximate surface area is 114 Å². The van der Waals surface area contributed by atoms with Crippen molar-refractivity contribution in [3.8, 4) is 0 Å². The van der Waals surface area contributed by atoms with Crippen LogP contribution in [0.3, 0.4) is 0 Å². The molecule has 1 unspecified atom stereocenters. The molecule has 1 rings (SSSR count). The fourth-order valence-electron chi connectivity index (χ4n) is 3.22. The first-order valence-electron chi connectivity index (χ1n) is 8.08. The summed E-state index contributed by atoms with van der Waals surface area (Å²) >= 11 is 0. The minimum absolute atomic E-state index is 0.732. The maximum absolute atomic E-state index is 5.89. The average molecular weight is 254 g/mol. The normalized spacial score (nSPS) is 24.2.